The summed E-state index contributed by atoms with van der Waals surface area (Å²) in [6, 6.07) is 1.68. The summed E-state index contributed by atoms with van der Waals surface area (Å²) in [6.45, 7) is 8.46. The number of benzene rings is 1. The van der Waals surface area contributed by atoms with Crippen LogP contribution < -0.4 is 9.47 Å². The Hall–Kier alpha value is -2.74. The van der Waals surface area contributed by atoms with Gasteiger partial charge in [0, 0.05) is 25.0 Å². The lowest BCUT2D eigenvalue weighted by Gasteiger charge is -2.33. The zero-order valence-corrected chi connectivity index (χ0v) is 17.2. The van der Waals surface area contributed by atoms with Crippen molar-refractivity contribution in [3.05, 3.63) is 29.3 Å². The van der Waals surface area contributed by atoms with Crippen LogP contribution in [0.2, 0.25) is 0 Å². The molecule has 1 aromatic rings. The summed E-state index contributed by atoms with van der Waals surface area (Å²) >= 11 is 0. The number of ether oxygens (including phenoxy) is 5. The van der Waals surface area contributed by atoms with E-state index in [1.165, 1.54) is 13.8 Å². The second kappa shape index (κ2) is 7.94. The van der Waals surface area contributed by atoms with Gasteiger partial charge in [-0.3, -0.25) is 9.59 Å². The highest BCUT2D eigenvalue weighted by atomic mass is 16.7. The van der Waals surface area contributed by atoms with Crippen molar-refractivity contribution in [1.82, 2.24) is 0 Å². The molecular weight excluding hydrogens is 380 g/mol. The van der Waals surface area contributed by atoms with Gasteiger partial charge in [-0.1, -0.05) is 26.8 Å². The van der Waals surface area contributed by atoms with Gasteiger partial charge in [0.05, 0.1) is 0 Å². The molecule has 0 saturated carbocycles. The van der Waals surface area contributed by atoms with E-state index in [9.17, 15) is 14.7 Å². The SMILES string of the molecule is CC(=O)OC[C@H]1O[C@H](c2cc3c(c(C(C)(C)C)c2O)OCO3)C=C[C@@H]1OC(C)=O. The molecule has 0 spiro atoms. The predicted molar refractivity (Wildman–Crippen MR) is 102 cm³/mol. The molecular formula is C21H26O8. The number of aromatic hydroxyl groups is 1. The van der Waals surface area contributed by atoms with E-state index < -0.39 is 35.7 Å². The summed E-state index contributed by atoms with van der Waals surface area (Å²) in [4.78, 5) is 22.6. The van der Waals surface area contributed by atoms with E-state index in [0.29, 0.717) is 22.6 Å². The summed E-state index contributed by atoms with van der Waals surface area (Å²) < 4.78 is 27.5. The van der Waals surface area contributed by atoms with Gasteiger partial charge in [-0.15, -0.1) is 0 Å². The number of phenolic OH excluding ortho intramolecular Hbond substituents is 1. The minimum atomic E-state index is -0.722. The van der Waals surface area contributed by atoms with Crippen LogP contribution in [0.25, 0.3) is 0 Å². The lowest BCUT2D eigenvalue weighted by molar-refractivity contribution is -0.163. The molecule has 1 aromatic carbocycles. The minimum Gasteiger partial charge on any atom is -0.507 e. The molecule has 2 heterocycles. The van der Waals surface area contributed by atoms with Crippen LogP contribution >= 0.6 is 0 Å². The van der Waals surface area contributed by atoms with Crippen LogP contribution in [0.4, 0.5) is 0 Å². The van der Waals surface area contributed by atoms with Crippen molar-refractivity contribution in [2.75, 3.05) is 13.4 Å². The van der Waals surface area contributed by atoms with Gasteiger partial charge in [0.25, 0.3) is 0 Å². The number of hydrogen-bond acceptors (Lipinski definition) is 8. The molecule has 8 heteroatoms. The van der Waals surface area contributed by atoms with Gasteiger partial charge >= 0.3 is 11.9 Å². The maximum Gasteiger partial charge on any atom is 0.303 e. The summed E-state index contributed by atoms with van der Waals surface area (Å²) in [5.74, 6) is 0.150. The Kier molecular flexibility index (Phi) is 5.75. The van der Waals surface area contributed by atoms with Crippen molar-refractivity contribution in [3.8, 4) is 17.2 Å². The zero-order valence-electron chi connectivity index (χ0n) is 17.2. The molecule has 2 aliphatic heterocycles. The molecule has 3 atom stereocenters. The van der Waals surface area contributed by atoms with E-state index >= 15 is 0 Å². The third-order valence-corrected chi connectivity index (χ3v) is 4.64. The first-order valence-corrected chi connectivity index (χ1v) is 9.38. The second-order valence-corrected chi connectivity index (χ2v) is 8.03. The summed E-state index contributed by atoms with van der Waals surface area (Å²) in [5, 5.41) is 11.0. The third-order valence-electron chi connectivity index (χ3n) is 4.64. The van der Waals surface area contributed by atoms with Gasteiger partial charge in [0.15, 0.2) is 11.5 Å². The Morgan fingerprint density at radius 3 is 2.52 bits per heavy atom. The standard InChI is InChI=1S/C21H26O8/c1-11(22)25-9-17-15(28-12(2)23)7-6-14(29-17)13-8-16-20(27-10-26-16)18(19(13)24)21(3,4)5/h6-8,14-15,17,24H,9-10H2,1-5H3/t14-,15-,17+/m0/s1. The van der Waals surface area contributed by atoms with Gasteiger partial charge in [-0.25, -0.2) is 0 Å². The molecule has 8 nitrogen and oxygen atoms in total. The largest absolute Gasteiger partial charge is 0.507 e. The molecule has 0 saturated heterocycles. The number of fused-ring (bicyclic) bond motifs is 1. The molecule has 0 amide bonds. The fourth-order valence-electron chi connectivity index (χ4n) is 3.43. The van der Waals surface area contributed by atoms with Crippen LogP contribution in [0.5, 0.6) is 17.2 Å². The highest BCUT2D eigenvalue weighted by Crippen LogP contribution is 2.50. The van der Waals surface area contributed by atoms with Crippen LogP contribution in [-0.2, 0) is 29.2 Å². The Bertz CT molecular complexity index is 836. The van der Waals surface area contributed by atoms with Crippen LogP contribution in [0.15, 0.2) is 18.2 Å². The second-order valence-electron chi connectivity index (χ2n) is 8.03. The van der Waals surface area contributed by atoms with E-state index in [2.05, 4.69) is 0 Å². The first-order valence-electron chi connectivity index (χ1n) is 9.38. The fraction of sp³-hybridized carbons (Fsp3) is 0.524. The van der Waals surface area contributed by atoms with Gasteiger partial charge in [-0.05, 0) is 17.6 Å². The van der Waals surface area contributed by atoms with Crippen molar-refractivity contribution < 1.29 is 38.4 Å². The molecule has 1 N–H and O–H groups in total. The van der Waals surface area contributed by atoms with Crippen molar-refractivity contribution in [3.63, 3.8) is 0 Å². The lowest BCUT2D eigenvalue weighted by atomic mass is 9.83. The molecule has 3 rings (SSSR count). The Morgan fingerprint density at radius 2 is 1.90 bits per heavy atom. The van der Waals surface area contributed by atoms with Crippen LogP contribution in [0, 0.1) is 0 Å². The molecule has 0 aliphatic carbocycles. The van der Waals surface area contributed by atoms with Gasteiger partial charge in [-0.2, -0.15) is 0 Å². The quantitative estimate of drug-likeness (QED) is 0.602. The van der Waals surface area contributed by atoms with Crippen molar-refractivity contribution >= 4 is 11.9 Å². The zero-order chi connectivity index (χ0) is 21.3. The molecule has 0 radical (unpaired) electrons. The lowest BCUT2D eigenvalue weighted by Crippen LogP contribution is -2.39. The number of hydrogen-bond donors (Lipinski definition) is 1. The first kappa shape index (κ1) is 21.0. The Morgan fingerprint density at radius 1 is 1.17 bits per heavy atom. The topological polar surface area (TPSA) is 101 Å². The van der Waals surface area contributed by atoms with E-state index in [1.54, 1.807) is 18.2 Å². The maximum atomic E-state index is 11.4. The number of rotatable bonds is 4. The van der Waals surface area contributed by atoms with Gasteiger partial charge < -0.3 is 28.8 Å². The molecule has 29 heavy (non-hydrogen) atoms. The van der Waals surface area contributed by atoms with E-state index in [4.69, 9.17) is 23.7 Å². The summed E-state index contributed by atoms with van der Waals surface area (Å²) in [6.07, 6.45) is 1.28. The number of phenols is 1. The van der Waals surface area contributed by atoms with E-state index in [-0.39, 0.29) is 19.1 Å². The first-order chi connectivity index (χ1) is 13.6. The number of esters is 2. The average molecular weight is 406 g/mol. The average Bonchev–Trinajstić information content (AvgIpc) is 3.06. The maximum absolute atomic E-state index is 11.4. The molecule has 2 aliphatic rings. The monoisotopic (exact) mass is 406 g/mol. The predicted octanol–water partition coefficient (Wildman–Crippen LogP) is 2.91. The summed E-state index contributed by atoms with van der Waals surface area (Å²) in [7, 11) is 0. The smallest absolute Gasteiger partial charge is 0.303 e. The molecule has 158 valence electrons. The number of carbonyl (C=O) groups excluding carboxylic acids is 2. The van der Waals surface area contributed by atoms with Crippen LogP contribution in [-0.4, -0.2) is 42.7 Å². The Balaban J connectivity index is 1.98. The van der Waals surface area contributed by atoms with Crippen molar-refractivity contribution in [1.29, 1.82) is 0 Å². The van der Waals surface area contributed by atoms with Crippen molar-refractivity contribution in [2.24, 2.45) is 0 Å². The Labute approximate surface area is 169 Å². The molecule has 0 unspecified atom stereocenters. The van der Waals surface area contributed by atoms with Crippen LogP contribution in [0.1, 0.15) is 51.8 Å². The van der Waals surface area contributed by atoms with E-state index in [1.807, 2.05) is 20.8 Å². The highest BCUT2D eigenvalue weighted by molar-refractivity contribution is 5.67. The minimum absolute atomic E-state index is 0.0496. The van der Waals surface area contributed by atoms with Crippen molar-refractivity contribution in [2.45, 2.75) is 58.3 Å². The summed E-state index contributed by atoms with van der Waals surface area (Å²) in [5.41, 5.74) is 0.705. The van der Waals surface area contributed by atoms with Crippen LogP contribution in [0.3, 0.4) is 0 Å². The normalized spacial score (nSPS) is 23.0. The third kappa shape index (κ3) is 4.48. The highest BCUT2D eigenvalue weighted by Gasteiger charge is 2.36. The molecule has 0 aromatic heterocycles. The molecule has 0 bridgehead atoms. The van der Waals surface area contributed by atoms with Gasteiger partial charge in [0.1, 0.15) is 30.7 Å². The van der Waals surface area contributed by atoms with Gasteiger partial charge in [0.2, 0.25) is 6.79 Å². The number of carbonyl (C=O) groups is 2. The fourth-order valence-corrected chi connectivity index (χ4v) is 3.43. The molecule has 0 fully saturated rings. The van der Waals surface area contributed by atoms with E-state index in [0.717, 1.165) is 0 Å².